The van der Waals surface area contributed by atoms with Gasteiger partial charge in [0.05, 0.1) is 23.6 Å². The molecule has 166 valence electrons. The Morgan fingerprint density at radius 3 is 2.41 bits per heavy atom. The molecular formula is C26H19FN6O. The summed E-state index contributed by atoms with van der Waals surface area (Å²) in [6, 6.07) is 22.5. The molecule has 0 spiro atoms. The molecule has 0 aliphatic heterocycles. The van der Waals surface area contributed by atoms with Crippen molar-refractivity contribution in [2.24, 2.45) is 0 Å². The van der Waals surface area contributed by atoms with Crippen LogP contribution in [0.2, 0.25) is 0 Å². The Kier molecular flexibility index (Phi) is 5.77. The third-order valence-corrected chi connectivity index (χ3v) is 5.12. The van der Waals surface area contributed by atoms with Gasteiger partial charge in [0.15, 0.2) is 0 Å². The summed E-state index contributed by atoms with van der Waals surface area (Å²) in [5.41, 5.74) is 4.97. The van der Waals surface area contributed by atoms with Gasteiger partial charge in [0.1, 0.15) is 5.82 Å². The Labute approximate surface area is 194 Å². The minimum atomic E-state index is -0.327. The number of carbonyl (C=O) groups excluding carboxylic acids is 1. The highest BCUT2D eigenvalue weighted by Gasteiger charge is 2.08. The monoisotopic (exact) mass is 450 g/mol. The number of fused-ring (bicyclic) bond motifs is 1. The predicted molar refractivity (Wildman–Crippen MR) is 131 cm³/mol. The van der Waals surface area contributed by atoms with Crippen molar-refractivity contribution in [2.45, 2.75) is 0 Å². The van der Waals surface area contributed by atoms with Gasteiger partial charge in [0.25, 0.3) is 5.91 Å². The van der Waals surface area contributed by atoms with Gasteiger partial charge in [-0.25, -0.2) is 4.39 Å². The zero-order valence-corrected chi connectivity index (χ0v) is 17.9. The molecule has 7 nitrogen and oxygen atoms in total. The number of halogens is 1. The lowest BCUT2D eigenvalue weighted by molar-refractivity contribution is 0.102. The summed E-state index contributed by atoms with van der Waals surface area (Å²) < 4.78 is 13.7. The van der Waals surface area contributed by atoms with Crippen molar-refractivity contribution in [1.29, 1.82) is 0 Å². The molecule has 0 atom stereocenters. The molecule has 0 saturated carbocycles. The van der Waals surface area contributed by atoms with E-state index < -0.39 is 0 Å². The van der Waals surface area contributed by atoms with Gasteiger partial charge in [0, 0.05) is 39.9 Å². The first-order valence-electron chi connectivity index (χ1n) is 10.5. The van der Waals surface area contributed by atoms with Crippen LogP contribution in [0.1, 0.15) is 10.4 Å². The molecule has 0 aliphatic rings. The number of aromatic nitrogens is 3. The molecule has 1 amide bonds. The Hall–Kier alpha value is -4.85. The quantitative estimate of drug-likeness (QED) is 0.298. The second-order valence-electron chi connectivity index (χ2n) is 7.51. The standard InChI is InChI=1S/C26H19FN6O/c27-18-6-9-24-23(14-18)25(11-12-28-24)32-19-7-4-17(5-8-19)26(34)33-21-3-1-2-20(15-21)31-22-10-13-29-30-16-22/h1-16H,(H,28,32)(H,29,31)(H,33,34). The lowest BCUT2D eigenvalue weighted by atomic mass is 10.1. The van der Waals surface area contributed by atoms with E-state index in [1.54, 1.807) is 61.1 Å². The smallest absolute Gasteiger partial charge is 0.255 e. The van der Waals surface area contributed by atoms with Gasteiger partial charge in [-0.3, -0.25) is 9.78 Å². The molecule has 0 bridgehead atoms. The van der Waals surface area contributed by atoms with Crippen LogP contribution in [0.4, 0.5) is 32.8 Å². The van der Waals surface area contributed by atoms with E-state index in [0.717, 1.165) is 22.7 Å². The number of pyridine rings is 1. The average molecular weight is 450 g/mol. The molecule has 2 aromatic heterocycles. The highest BCUT2D eigenvalue weighted by molar-refractivity contribution is 6.04. The molecule has 3 aromatic carbocycles. The highest BCUT2D eigenvalue weighted by atomic mass is 19.1. The summed E-state index contributed by atoms with van der Waals surface area (Å²) in [6.45, 7) is 0. The van der Waals surface area contributed by atoms with E-state index in [1.165, 1.54) is 12.1 Å². The third kappa shape index (κ3) is 4.81. The minimum Gasteiger partial charge on any atom is -0.355 e. The fourth-order valence-electron chi connectivity index (χ4n) is 3.50. The summed E-state index contributed by atoms with van der Waals surface area (Å²) in [5.74, 6) is -0.557. The van der Waals surface area contributed by atoms with E-state index >= 15 is 0 Å². The molecule has 0 unspecified atom stereocenters. The van der Waals surface area contributed by atoms with E-state index in [2.05, 4.69) is 31.1 Å². The Morgan fingerprint density at radius 2 is 1.59 bits per heavy atom. The van der Waals surface area contributed by atoms with Crippen LogP contribution in [0.15, 0.2) is 97.5 Å². The Balaban J connectivity index is 1.27. The summed E-state index contributed by atoms with van der Waals surface area (Å²) in [5, 5.41) is 17.7. The Bertz CT molecular complexity index is 1460. The van der Waals surface area contributed by atoms with Gasteiger partial charge in [-0.2, -0.15) is 10.2 Å². The topological polar surface area (TPSA) is 91.8 Å². The van der Waals surface area contributed by atoms with Gasteiger partial charge in [-0.15, -0.1) is 0 Å². The molecule has 0 fully saturated rings. The Morgan fingerprint density at radius 1 is 0.735 bits per heavy atom. The zero-order chi connectivity index (χ0) is 23.3. The van der Waals surface area contributed by atoms with Crippen molar-refractivity contribution in [3.63, 3.8) is 0 Å². The molecule has 0 saturated heterocycles. The molecule has 0 aliphatic carbocycles. The van der Waals surface area contributed by atoms with Gasteiger partial charge >= 0.3 is 0 Å². The predicted octanol–water partition coefficient (Wildman–Crippen LogP) is 5.90. The maximum absolute atomic E-state index is 13.7. The van der Waals surface area contributed by atoms with E-state index in [4.69, 9.17) is 0 Å². The zero-order valence-electron chi connectivity index (χ0n) is 17.9. The van der Waals surface area contributed by atoms with Gasteiger partial charge < -0.3 is 16.0 Å². The second kappa shape index (κ2) is 9.33. The lowest BCUT2D eigenvalue weighted by Crippen LogP contribution is -2.11. The van der Waals surface area contributed by atoms with Crippen LogP contribution >= 0.6 is 0 Å². The van der Waals surface area contributed by atoms with Crippen molar-refractivity contribution in [2.75, 3.05) is 16.0 Å². The first-order valence-corrected chi connectivity index (χ1v) is 10.5. The van der Waals surface area contributed by atoms with Crippen molar-refractivity contribution >= 4 is 45.2 Å². The maximum Gasteiger partial charge on any atom is 0.255 e. The van der Waals surface area contributed by atoms with E-state index in [-0.39, 0.29) is 11.7 Å². The second-order valence-corrected chi connectivity index (χ2v) is 7.51. The van der Waals surface area contributed by atoms with Crippen LogP contribution in [-0.4, -0.2) is 21.1 Å². The van der Waals surface area contributed by atoms with Crippen LogP contribution in [0.3, 0.4) is 0 Å². The fraction of sp³-hybridized carbons (Fsp3) is 0. The van der Waals surface area contributed by atoms with Gasteiger partial charge in [-0.05, 0) is 72.8 Å². The number of hydrogen-bond acceptors (Lipinski definition) is 6. The van der Waals surface area contributed by atoms with Crippen LogP contribution in [-0.2, 0) is 0 Å². The highest BCUT2D eigenvalue weighted by Crippen LogP contribution is 2.26. The van der Waals surface area contributed by atoms with E-state index in [0.29, 0.717) is 22.2 Å². The van der Waals surface area contributed by atoms with Crippen LogP contribution in [0, 0.1) is 5.82 Å². The molecule has 34 heavy (non-hydrogen) atoms. The lowest BCUT2D eigenvalue weighted by Gasteiger charge is -2.11. The summed E-state index contributed by atoms with van der Waals surface area (Å²) in [6.07, 6.45) is 4.88. The first-order chi connectivity index (χ1) is 16.6. The molecule has 5 rings (SSSR count). The fourth-order valence-corrected chi connectivity index (χ4v) is 3.50. The van der Waals surface area contributed by atoms with E-state index in [9.17, 15) is 9.18 Å². The largest absolute Gasteiger partial charge is 0.355 e. The molecule has 5 aromatic rings. The van der Waals surface area contributed by atoms with E-state index in [1.807, 2.05) is 24.3 Å². The maximum atomic E-state index is 13.7. The van der Waals surface area contributed by atoms with Crippen molar-refractivity contribution < 1.29 is 9.18 Å². The van der Waals surface area contributed by atoms with Crippen LogP contribution < -0.4 is 16.0 Å². The normalized spacial score (nSPS) is 10.6. The van der Waals surface area contributed by atoms with Gasteiger partial charge in [-0.1, -0.05) is 6.07 Å². The number of amides is 1. The number of anilines is 5. The first kappa shape index (κ1) is 21.0. The van der Waals surface area contributed by atoms with Crippen LogP contribution in [0.5, 0.6) is 0 Å². The number of carbonyl (C=O) groups is 1. The number of nitrogens with one attached hydrogen (secondary N) is 3. The summed E-state index contributed by atoms with van der Waals surface area (Å²) >= 11 is 0. The number of hydrogen-bond donors (Lipinski definition) is 3. The van der Waals surface area contributed by atoms with Crippen molar-refractivity contribution in [3.8, 4) is 0 Å². The number of rotatable bonds is 6. The van der Waals surface area contributed by atoms with Crippen LogP contribution in [0.25, 0.3) is 10.9 Å². The average Bonchev–Trinajstić information content (AvgIpc) is 2.86. The SMILES string of the molecule is O=C(Nc1cccc(Nc2ccnnc2)c1)c1ccc(Nc2ccnc3ccc(F)cc23)cc1. The number of benzene rings is 3. The third-order valence-electron chi connectivity index (χ3n) is 5.12. The number of nitrogens with zero attached hydrogens (tertiary/aromatic N) is 3. The molecule has 3 N–H and O–H groups in total. The molecule has 0 radical (unpaired) electrons. The minimum absolute atomic E-state index is 0.231. The molecule has 8 heteroatoms. The molecular weight excluding hydrogens is 431 g/mol. The van der Waals surface area contributed by atoms with Crippen molar-refractivity contribution in [3.05, 3.63) is 109 Å². The molecule has 2 heterocycles. The summed E-state index contributed by atoms with van der Waals surface area (Å²) in [7, 11) is 0. The van der Waals surface area contributed by atoms with Crippen molar-refractivity contribution in [1.82, 2.24) is 15.2 Å². The summed E-state index contributed by atoms with van der Waals surface area (Å²) in [4.78, 5) is 17.0. The van der Waals surface area contributed by atoms with Gasteiger partial charge in [0.2, 0.25) is 0 Å².